The third-order valence-electron chi connectivity index (χ3n) is 5.24. The predicted molar refractivity (Wildman–Crippen MR) is 41.8 cm³/mol. The van der Waals surface area contributed by atoms with Crippen LogP contribution in [0.3, 0.4) is 0 Å². The summed E-state index contributed by atoms with van der Waals surface area (Å²) in [6, 6.07) is 0. The molecule has 4 fully saturated rings. The molecule has 1 N–H and O–H groups in total. The maximum atomic E-state index is 11.4. The van der Waals surface area contributed by atoms with Crippen molar-refractivity contribution in [2.75, 3.05) is 0 Å². The summed E-state index contributed by atoms with van der Waals surface area (Å²) in [6.45, 7) is 0. The Labute approximate surface area is 75.1 Å². The molecule has 4 saturated carbocycles. The van der Waals surface area contributed by atoms with E-state index >= 15 is 0 Å². The van der Waals surface area contributed by atoms with Crippen molar-refractivity contribution in [3.8, 4) is 0 Å². The standard InChI is InChI=1S/C10H10O3/c11-7-4-1-9-3-10(9,8(12)13)2-5(7)6(4)9/h4-6H,1-3H2,(H,12,13). The Bertz CT molecular complexity index is 374. The normalized spacial score (nSPS) is 64.6. The molecule has 4 aliphatic rings. The third-order valence-corrected chi connectivity index (χ3v) is 5.24. The summed E-state index contributed by atoms with van der Waals surface area (Å²) in [7, 11) is 0. The van der Waals surface area contributed by atoms with Crippen LogP contribution < -0.4 is 0 Å². The molecule has 0 bridgehead atoms. The van der Waals surface area contributed by atoms with Gasteiger partial charge >= 0.3 is 5.97 Å². The Hall–Kier alpha value is -0.860. The summed E-state index contributed by atoms with van der Waals surface area (Å²) in [5.74, 6) is 0.616. The fraction of sp³-hybridized carbons (Fsp3) is 0.800. The fourth-order valence-electron chi connectivity index (χ4n) is 4.61. The van der Waals surface area contributed by atoms with Crippen LogP contribution in [0.2, 0.25) is 0 Å². The number of hydrogen-bond donors (Lipinski definition) is 1. The monoisotopic (exact) mass is 178 g/mol. The number of carboxylic acids is 1. The van der Waals surface area contributed by atoms with Gasteiger partial charge in [0.25, 0.3) is 0 Å². The molecule has 4 rings (SSSR count). The van der Waals surface area contributed by atoms with Gasteiger partial charge in [0, 0.05) is 11.8 Å². The number of Topliss-reactive ketones (excluding diaryl/α,β-unsaturated/α-hetero) is 1. The Morgan fingerprint density at radius 3 is 2.69 bits per heavy atom. The first-order chi connectivity index (χ1) is 6.12. The lowest BCUT2D eigenvalue weighted by atomic mass is 9.47. The van der Waals surface area contributed by atoms with Gasteiger partial charge < -0.3 is 5.11 Å². The minimum atomic E-state index is -0.645. The van der Waals surface area contributed by atoms with Crippen molar-refractivity contribution >= 4 is 11.8 Å². The summed E-state index contributed by atoms with van der Waals surface area (Å²) in [4.78, 5) is 22.5. The summed E-state index contributed by atoms with van der Waals surface area (Å²) in [6.07, 6.45) is 2.40. The average Bonchev–Trinajstić information content (AvgIpc) is 2.68. The van der Waals surface area contributed by atoms with Gasteiger partial charge in [-0.3, -0.25) is 9.59 Å². The van der Waals surface area contributed by atoms with Gasteiger partial charge in [0.05, 0.1) is 5.41 Å². The number of carboxylic acid groups (broad SMARTS) is 1. The second-order valence-electron chi connectivity index (χ2n) is 5.27. The molecule has 0 radical (unpaired) electrons. The van der Waals surface area contributed by atoms with E-state index in [1.807, 2.05) is 0 Å². The maximum Gasteiger partial charge on any atom is 0.310 e. The highest BCUT2D eigenvalue weighted by molar-refractivity contribution is 5.98. The molecule has 0 aromatic rings. The lowest BCUT2D eigenvalue weighted by molar-refractivity contribution is -0.161. The summed E-state index contributed by atoms with van der Waals surface area (Å²) in [5.41, 5.74) is -0.354. The Morgan fingerprint density at radius 2 is 2.08 bits per heavy atom. The lowest BCUT2D eigenvalue weighted by Gasteiger charge is -2.54. The smallest absolute Gasteiger partial charge is 0.310 e. The van der Waals surface area contributed by atoms with Gasteiger partial charge in [0.15, 0.2) is 0 Å². The van der Waals surface area contributed by atoms with Gasteiger partial charge in [-0.2, -0.15) is 0 Å². The van der Waals surface area contributed by atoms with Crippen LogP contribution in [0.1, 0.15) is 19.3 Å². The van der Waals surface area contributed by atoms with E-state index in [9.17, 15) is 9.59 Å². The van der Waals surface area contributed by atoms with E-state index in [0.717, 1.165) is 12.8 Å². The summed E-state index contributed by atoms with van der Waals surface area (Å²) < 4.78 is 0. The molecule has 4 aliphatic carbocycles. The molecular weight excluding hydrogens is 168 g/mol. The molecule has 68 valence electrons. The molecule has 3 heteroatoms. The van der Waals surface area contributed by atoms with Crippen LogP contribution in [0.15, 0.2) is 0 Å². The van der Waals surface area contributed by atoms with Crippen molar-refractivity contribution < 1.29 is 14.7 Å². The number of carbonyl (C=O) groups excluding carboxylic acids is 1. The molecule has 0 aromatic carbocycles. The Balaban J connectivity index is 1.83. The van der Waals surface area contributed by atoms with E-state index in [1.165, 1.54) is 0 Å². The van der Waals surface area contributed by atoms with Crippen molar-refractivity contribution in [1.29, 1.82) is 0 Å². The van der Waals surface area contributed by atoms with Crippen LogP contribution in [-0.4, -0.2) is 16.9 Å². The molecule has 5 unspecified atom stereocenters. The molecule has 0 saturated heterocycles. The molecule has 0 amide bonds. The molecule has 0 aromatic heterocycles. The maximum absolute atomic E-state index is 11.4. The van der Waals surface area contributed by atoms with E-state index in [0.29, 0.717) is 18.1 Å². The molecule has 0 aliphatic heterocycles. The van der Waals surface area contributed by atoms with Gasteiger partial charge in [0.1, 0.15) is 5.78 Å². The second kappa shape index (κ2) is 1.35. The van der Waals surface area contributed by atoms with Crippen LogP contribution in [0.5, 0.6) is 0 Å². The van der Waals surface area contributed by atoms with E-state index in [4.69, 9.17) is 5.11 Å². The van der Waals surface area contributed by atoms with Crippen molar-refractivity contribution in [1.82, 2.24) is 0 Å². The first-order valence-corrected chi connectivity index (χ1v) is 4.90. The number of ketones is 1. The average molecular weight is 178 g/mol. The van der Waals surface area contributed by atoms with E-state index in [1.54, 1.807) is 0 Å². The minimum Gasteiger partial charge on any atom is -0.481 e. The number of carbonyl (C=O) groups is 2. The zero-order valence-corrected chi connectivity index (χ0v) is 7.12. The topological polar surface area (TPSA) is 54.4 Å². The van der Waals surface area contributed by atoms with Gasteiger partial charge in [-0.05, 0) is 30.6 Å². The highest BCUT2D eigenvalue weighted by Gasteiger charge is 2.91. The molecule has 5 atom stereocenters. The summed E-state index contributed by atoms with van der Waals surface area (Å²) >= 11 is 0. The highest BCUT2D eigenvalue weighted by atomic mass is 16.4. The van der Waals surface area contributed by atoms with Crippen LogP contribution in [-0.2, 0) is 9.59 Å². The Kier molecular flexibility index (Phi) is 0.682. The predicted octanol–water partition coefficient (Wildman–Crippen LogP) is 0.686. The number of rotatable bonds is 1. The van der Waals surface area contributed by atoms with E-state index in [2.05, 4.69) is 0 Å². The molecule has 3 nitrogen and oxygen atoms in total. The second-order valence-corrected chi connectivity index (χ2v) is 5.27. The minimum absolute atomic E-state index is 0.0993. The van der Waals surface area contributed by atoms with Gasteiger partial charge in [0.2, 0.25) is 0 Å². The zero-order chi connectivity index (χ0) is 9.01. The molecular formula is C10H10O3. The van der Waals surface area contributed by atoms with Gasteiger partial charge in [-0.25, -0.2) is 0 Å². The third kappa shape index (κ3) is 0.370. The lowest BCUT2D eigenvalue weighted by Crippen LogP contribution is -2.57. The molecule has 1 spiro atoms. The van der Waals surface area contributed by atoms with Crippen molar-refractivity contribution in [3.05, 3.63) is 0 Å². The molecule has 13 heavy (non-hydrogen) atoms. The first kappa shape index (κ1) is 6.57. The van der Waals surface area contributed by atoms with Crippen molar-refractivity contribution in [2.45, 2.75) is 19.3 Å². The van der Waals surface area contributed by atoms with E-state index < -0.39 is 11.4 Å². The zero-order valence-electron chi connectivity index (χ0n) is 7.12. The van der Waals surface area contributed by atoms with Crippen LogP contribution in [0.4, 0.5) is 0 Å². The van der Waals surface area contributed by atoms with Crippen molar-refractivity contribution in [3.63, 3.8) is 0 Å². The number of hydrogen-bond acceptors (Lipinski definition) is 2. The largest absolute Gasteiger partial charge is 0.481 e. The van der Waals surface area contributed by atoms with Gasteiger partial charge in [-0.1, -0.05) is 0 Å². The summed E-state index contributed by atoms with van der Waals surface area (Å²) in [5, 5.41) is 9.14. The fourth-order valence-corrected chi connectivity index (χ4v) is 4.61. The van der Waals surface area contributed by atoms with Crippen LogP contribution in [0, 0.1) is 28.6 Å². The number of aliphatic carboxylic acids is 1. The quantitative estimate of drug-likeness (QED) is 0.642. The highest BCUT2D eigenvalue weighted by Crippen LogP contribution is 2.90. The van der Waals surface area contributed by atoms with Crippen LogP contribution >= 0.6 is 0 Å². The van der Waals surface area contributed by atoms with Crippen molar-refractivity contribution in [2.24, 2.45) is 28.6 Å². The van der Waals surface area contributed by atoms with Gasteiger partial charge in [-0.15, -0.1) is 0 Å². The van der Waals surface area contributed by atoms with Crippen LogP contribution in [0.25, 0.3) is 0 Å². The SMILES string of the molecule is O=C1C2CC3(C(=O)O)CC34CC1C24. The Morgan fingerprint density at radius 1 is 1.38 bits per heavy atom. The van der Waals surface area contributed by atoms with E-state index in [-0.39, 0.29) is 17.3 Å². The first-order valence-electron chi connectivity index (χ1n) is 4.90. The molecule has 0 heterocycles.